The third-order valence-electron chi connectivity index (χ3n) is 3.02. The summed E-state index contributed by atoms with van der Waals surface area (Å²) in [5.74, 6) is -1.07. The molecule has 1 saturated heterocycles. The zero-order valence-corrected chi connectivity index (χ0v) is 12.3. The highest BCUT2D eigenvalue weighted by Gasteiger charge is 2.30. The van der Waals surface area contributed by atoms with Gasteiger partial charge in [-0.15, -0.1) is 0 Å². The normalized spacial score (nSPS) is 20.5. The van der Waals surface area contributed by atoms with E-state index in [1.165, 1.54) is 23.9 Å². The number of hydrogen-bond donors (Lipinski definition) is 1. The smallest absolute Gasteiger partial charge is 0.321 e. The summed E-state index contributed by atoms with van der Waals surface area (Å²) in [5.41, 5.74) is -0.0903. The molecule has 0 saturated carbocycles. The lowest BCUT2D eigenvalue weighted by molar-refractivity contribution is -0.142. The van der Waals surface area contributed by atoms with E-state index in [0.717, 1.165) is 5.75 Å². The lowest BCUT2D eigenvalue weighted by Crippen LogP contribution is -2.46. The van der Waals surface area contributed by atoms with Gasteiger partial charge in [0, 0.05) is 30.2 Å². The summed E-state index contributed by atoms with van der Waals surface area (Å²) in [6.07, 6.45) is 0. The van der Waals surface area contributed by atoms with Crippen LogP contribution in [0, 0.1) is 11.6 Å². The van der Waals surface area contributed by atoms with Crippen LogP contribution >= 0.6 is 27.7 Å². The third kappa shape index (κ3) is 3.27. The molecule has 3 nitrogen and oxygen atoms in total. The average Bonchev–Trinajstić information content (AvgIpc) is 2.39. The molecule has 1 N–H and O–H groups in total. The van der Waals surface area contributed by atoms with Crippen LogP contribution in [0.2, 0.25) is 0 Å². The molecule has 7 heteroatoms. The van der Waals surface area contributed by atoms with Crippen molar-refractivity contribution in [2.24, 2.45) is 0 Å². The molecular weight excluding hydrogens is 340 g/mol. The molecule has 1 atom stereocenters. The molecule has 0 spiro atoms. The van der Waals surface area contributed by atoms with E-state index in [1.807, 2.05) is 0 Å². The van der Waals surface area contributed by atoms with E-state index in [0.29, 0.717) is 12.3 Å². The summed E-state index contributed by atoms with van der Waals surface area (Å²) < 4.78 is 27.7. The van der Waals surface area contributed by atoms with E-state index in [1.54, 1.807) is 4.90 Å². The van der Waals surface area contributed by atoms with Crippen LogP contribution in [0.1, 0.15) is 5.56 Å². The first-order valence-electron chi connectivity index (χ1n) is 5.67. The molecule has 1 unspecified atom stereocenters. The van der Waals surface area contributed by atoms with Gasteiger partial charge in [-0.1, -0.05) is 0 Å². The van der Waals surface area contributed by atoms with Gasteiger partial charge in [0.1, 0.15) is 17.7 Å². The minimum Gasteiger partial charge on any atom is -0.480 e. The maximum atomic E-state index is 13.9. The monoisotopic (exact) mass is 351 g/mol. The molecule has 0 radical (unpaired) electrons. The zero-order valence-electron chi connectivity index (χ0n) is 9.91. The van der Waals surface area contributed by atoms with Crippen molar-refractivity contribution in [3.05, 3.63) is 33.8 Å². The topological polar surface area (TPSA) is 40.5 Å². The van der Waals surface area contributed by atoms with Crippen LogP contribution in [0.4, 0.5) is 8.78 Å². The lowest BCUT2D eigenvalue weighted by Gasteiger charge is -2.32. The molecule has 1 aliphatic heterocycles. The van der Waals surface area contributed by atoms with Crippen LogP contribution < -0.4 is 0 Å². The van der Waals surface area contributed by atoms with Gasteiger partial charge in [-0.25, -0.2) is 8.78 Å². The van der Waals surface area contributed by atoms with E-state index in [4.69, 9.17) is 5.11 Å². The molecule has 2 rings (SSSR count). The van der Waals surface area contributed by atoms with Gasteiger partial charge >= 0.3 is 5.97 Å². The molecule has 19 heavy (non-hydrogen) atoms. The molecule has 0 bridgehead atoms. The van der Waals surface area contributed by atoms with Crippen molar-refractivity contribution in [1.29, 1.82) is 0 Å². The minimum atomic E-state index is -0.956. The van der Waals surface area contributed by atoms with E-state index in [-0.39, 0.29) is 16.6 Å². The van der Waals surface area contributed by atoms with E-state index >= 15 is 0 Å². The molecule has 0 aliphatic carbocycles. The lowest BCUT2D eigenvalue weighted by atomic mass is 10.1. The van der Waals surface area contributed by atoms with Crippen molar-refractivity contribution in [3.8, 4) is 0 Å². The largest absolute Gasteiger partial charge is 0.480 e. The van der Waals surface area contributed by atoms with E-state index in [2.05, 4.69) is 15.9 Å². The summed E-state index contributed by atoms with van der Waals surface area (Å²) in [6.45, 7) is 0.474. The second-order valence-corrected chi connectivity index (χ2v) is 6.23. The summed E-state index contributed by atoms with van der Waals surface area (Å²) in [7, 11) is 0. The fourth-order valence-corrected chi connectivity index (χ4v) is 3.45. The van der Waals surface area contributed by atoms with Crippen LogP contribution in [-0.2, 0) is 11.3 Å². The number of carboxylic acid groups (broad SMARTS) is 1. The van der Waals surface area contributed by atoms with Crippen LogP contribution in [0.5, 0.6) is 0 Å². The number of aliphatic carboxylic acids is 1. The van der Waals surface area contributed by atoms with Crippen LogP contribution in [0.25, 0.3) is 0 Å². The molecular formula is C12H12BrF2NO2S. The van der Waals surface area contributed by atoms with Crippen molar-refractivity contribution >= 4 is 33.7 Å². The summed E-state index contributed by atoms with van der Waals surface area (Å²) in [5, 5.41) is 9.13. The van der Waals surface area contributed by atoms with Crippen molar-refractivity contribution in [3.63, 3.8) is 0 Å². The van der Waals surface area contributed by atoms with E-state index in [9.17, 15) is 13.6 Å². The quantitative estimate of drug-likeness (QED) is 0.850. The van der Waals surface area contributed by atoms with Crippen LogP contribution in [0.3, 0.4) is 0 Å². The Morgan fingerprint density at radius 3 is 2.95 bits per heavy atom. The molecule has 1 aromatic rings. The second kappa shape index (κ2) is 6.19. The van der Waals surface area contributed by atoms with Gasteiger partial charge in [-0.3, -0.25) is 9.69 Å². The number of halogens is 3. The number of carbonyl (C=O) groups is 1. The highest BCUT2D eigenvalue weighted by Crippen LogP contribution is 2.25. The number of benzene rings is 1. The highest BCUT2D eigenvalue weighted by molar-refractivity contribution is 9.10. The van der Waals surface area contributed by atoms with Gasteiger partial charge in [-0.05, 0) is 28.1 Å². The Hall–Kier alpha value is -0.660. The van der Waals surface area contributed by atoms with E-state index < -0.39 is 23.6 Å². The van der Waals surface area contributed by atoms with Gasteiger partial charge in [0.25, 0.3) is 0 Å². The minimum absolute atomic E-state index is 0.0331. The number of hydrogen-bond acceptors (Lipinski definition) is 3. The summed E-state index contributed by atoms with van der Waals surface area (Å²) in [6, 6.07) is 1.78. The van der Waals surface area contributed by atoms with Crippen molar-refractivity contribution in [1.82, 2.24) is 4.90 Å². The Bertz CT molecular complexity index is 501. The first-order valence-corrected chi connectivity index (χ1v) is 7.62. The van der Waals surface area contributed by atoms with Gasteiger partial charge in [-0.2, -0.15) is 11.8 Å². The van der Waals surface area contributed by atoms with Gasteiger partial charge in [0.15, 0.2) is 0 Å². The maximum absolute atomic E-state index is 13.9. The first kappa shape index (κ1) is 14.7. The SMILES string of the molecule is O=C(O)C1CSCCN1Cc1c(F)ccc(Br)c1F. The van der Waals surface area contributed by atoms with Crippen molar-refractivity contribution in [2.45, 2.75) is 12.6 Å². The third-order valence-corrected chi connectivity index (χ3v) is 4.66. The molecule has 1 aromatic carbocycles. The first-order chi connectivity index (χ1) is 9.00. The molecule has 1 aliphatic rings. The second-order valence-electron chi connectivity index (χ2n) is 4.22. The van der Waals surface area contributed by atoms with Crippen LogP contribution in [-0.4, -0.2) is 40.1 Å². The highest BCUT2D eigenvalue weighted by atomic mass is 79.9. The van der Waals surface area contributed by atoms with Crippen molar-refractivity contribution in [2.75, 3.05) is 18.1 Å². The Morgan fingerprint density at radius 1 is 1.53 bits per heavy atom. The zero-order chi connectivity index (χ0) is 14.0. The fraction of sp³-hybridized carbons (Fsp3) is 0.417. The van der Waals surface area contributed by atoms with Gasteiger partial charge in [0.2, 0.25) is 0 Å². The Balaban J connectivity index is 2.24. The van der Waals surface area contributed by atoms with Crippen molar-refractivity contribution < 1.29 is 18.7 Å². The fourth-order valence-electron chi connectivity index (χ4n) is 1.97. The number of carboxylic acids is 1. The molecule has 0 aromatic heterocycles. The summed E-state index contributed by atoms with van der Waals surface area (Å²) >= 11 is 4.55. The van der Waals surface area contributed by atoms with Crippen LogP contribution in [0.15, 0.2) is 16.6 Å². The van der Waals surface area contributed by atoms with Gasteiger partial charge < -0.3 is 5.11 Å². The number of nitrogens with zero attached hydrogens (tertiary/aromatic N) is 1. The maximum Gasteiger partial charge on any atom is 0.321 e. The average molecular weight is 352 g/mol. The summed E-state index contributed by atoms with van der Waals surface area (Å²) in [4.78, 5) is 12.7. The van der Waals surface area contributed by atoms with Gasteiger partial charge in [0.05, 0.1) is 4.47 Å². The molecule has 1 heterocycles. The predicted molar refractivity (Wildman–Crippen MR) is 73.2 cm³/mol. The molecule has 0 amide bonds. The molecule has 1 fully saturated rings. The Morgan fingerprint density at radius 2 is 2.26 bits per heavy atom. The molecule has 104 valence electrons. The predicted octanol–water partition coefficient (Wildman–Crippen LogP) is 2.73. The Kier molecular flexibility index (Phi) is 4.81. The Labute approximate surface area is 122 Å². The standard InChI is InChI=1S/C12H12BrF2NO2S/c13-8-1-2-9(14)7(11(8)15)5-16-3-4-19-6-10(16)12(17)18/h1-2,10H,3-6H2,(H,17,18). The number of rotatable bonds is 3. The number of thioether (sulfide) groups is 1.